The van der Waals surface area contributed by atoms with Crippen LogP contribution in [0.5, 0.6) is 0 Å². The van der Waals surface area contributed by atoms with Crippen LogP contribution in [-0.2, 0) is 20.6 Å². The SMILES string of the molecule is O=C(Nc1ccc(I)cc1)C1CCN(S(=O)(=O)Cc2ccc(Cl)cc2)CC1. The zero-order valence-corrected chi connectivity index (χ0v) is 18.3. The number of piperidine rings is 1. The molecule has 0 atom stereocenters. The van der Waals surface area contributed by atoms with E-state index in [0.29, 0.717) is 36.5 Å². The van der Waals surface area contributed by atoms with E-state index in [1.165, 1.54) is 4.31 Å². The number of hydrogen-bond acceptors (Lipinski definition) is 3. The lowest BCUT2D eigenvalue weighted by atomic mass is 9.97. The first-order valence-corrected chi connectivity index (χ1v) is 11.7. The summed E-state index contributed by atoms with van der Waals surface area (Å²) >= 11 is 8.06. The fraction of sp³-hybridized carbons (Fsp3) is 0.316. The molecule has 27 heavy (non-hydrogen) atoms. The van der Waals surface area contributed by atoms with Crippen molar-refractivity contribution in [3.63, 3.8) is 0 Å². The normalized spacial score (nSPS) is 16.2. The molecule has 2 aromatic rings. The number of carbonyl (C=O) groups is 1. The molecule has 0 radical (unpaired) electrons. The quantitative estimate of drug-likeness (QED) is 0.606. The van der Waals surface area contributed by atoms with Crippen LogP contribution in [0.25, 0.3) is 0 Å². The van der Waals surface area contributed by atoms with Gasteiger partial charge in [0.05, 0.1) is 5.75 Å². The van der Waals surface area contributed by atoms with Crippen LogP contribution in [0.15, 0.2) is 48.5 Å². The highest BCUT2D eigenvalue weighted by Crippen LogP contribution is 2.23. The summed E-state index contributed by atoms with van der Waals surface area (Å²) in [4.78, 5) is 12.4. The Labute approximate surface area is 178 Å². The molecule has 1 amide bonds. The predicted octanol–water partition coefficient (Wildman–Crippen LogP) is 4.13. The summed E-state index contributed by atoms with van der Waals surface area (Å²) in [6.07, 6.45) is 1.05. The number of sulfonamides is 1. The van der Waals surface area contributed by atoms with Crippen molar-refractivity contribution in [2.45, 2.75) is 18.6 Å². The first-order chi connectivity index (χ1) is 12.8. The fourth-order valence-electron chi connectivity index (χ4n) is 3.06. The van der Waals surface area contributed by atoms with Crippen molar-refractivity contribution < 1.29 is 13.2 Å². The summed E-state index contributed by atoms with van der Waals surface area (Å²) in [5.41, 5.74) is 1.47. The lowest BCUT2D eigenvalue weighted by Crippen LogP contribution is -2.41. The van der Waals surface area contributed by atoms with Gasteiger partial charge in [-0.1, -0.05) is 23.7 Å². The molecule has 1 aliphatic heterocycles. The van der Waals surface area contributed by atoms with Crippen molar-refractivity contribution >= 4 is 55.8 Å². The van der Waals surface area contributed by atoms with Gasteiger partial charge in [-0.3, -0.25) is 4.79 Å². The minimum Gasteiger partial charge on any atom is -0.326 e. The van der Waals surface area contributed by atoms with Gasteiger partial charge in [-0.2, -0.15) is 0 Å². The molecular formula is C19H20ClIN2O3S. The molecule has 0 aromatic heterocycles. The highest BCUT2D eigenvalue weighted by atomic mass is 127. The van der Waals surface area contributed by atoms with Gasteiger partial charge in [0, 0.05) is 33.3 Å². The molecule has 0 aliphatic carbocycles. The summed E-state index contributed by atoms with van der Waals surface area (Å²) in [6, 6.07) is 14.4. The standard InChI is InChI=1S/C19H20ClIN2O3S/c20-16-3-1-14(2-4-16)13-27(25,26)23-11-9-15(10-12-23)19(24)22-18-7-5-17(21)6-8-18/h1-8,15H,9-13H2,(H,22,24). The van der Waals surface area contributed by atoms with Crippen LogP contribution in [0.2, 0.25) is 5.02 Å². The van der Waals surface area contributed by atoms with Crippen LogP contribution in [0.4, 0.5) is 5.69 Å². The molecule has 1 saturated heterocycles. The van der Waals surface area contributed by atoms with E-state index in [1.54, 1.807) is 24.3 Å². The molecule has 8 heteroatoms. The predicted molar refractivity (Wildman–Crippen MR) is 116 cm³/mol. The van der Waals surface area contributed by atoms with Gasteiger partial charge in [-0.25, -0.2) is 12.7 Å². The highest BCUT2D eigenvalue weighted by molar-refractivity contribution is 14.1. The summed E-state index contributed by atoms with van der Waals surface area (Å²) in [5.74, 6) is -0.277. The van der Waals surface area contributed by atoms with Crippen LogP contribution in [0.3, 0.4) is 0 Å². The van der Waals surface area contributed by atoms with Crippen molar-refractivity contribution in [1.82, 2.24) is 4.31 Å². The molecule has 0 unspecified atom stereocenters. The number of carbonyl (C=O) groups excluding carboxylic acids is 1. The Morgan fingerprint density at radius 3 is 2.26 bits per heavy atom. The van der Waals surface area contributed by atoms with Crippen molar-refractivity contribution in [3.05, 3.63) is 62.7 Å². The van der Waals surface area contributed by atoms with E-state index < -0.39 is 10.0 Å². The average molecular weight is 519 g/mol. The number of amides is 1. The van der Waals surface area contributed by atoms with Gasteiger partial charge in [-0.05, 0) is 77.4 Å². The van der Waals surface area contributed by atoms with E-state index in [4.69, 9.17) is 11.6 Å². The van der Waals surface area contributed by atoms with E-state index in [-0.39, 0.29) is 17.6 Å². The molecule has 3 rings (SSSR count). The van der Waals surface area contributed by atoms with Crippen LogP contribution in [-0.4, -0.2) is 31.7 Å². The number of nitrogens with one attached hydrogen (secondary N) is 1. The van der Waals surface area contributed by atoms with E-state index in [9.17, 15) is 13.2 Å². The van der Waals surface area contributed by atoms with Crippen LogP contribution in [0.1, 0.15) is 18.4 Å². The molecule has 144 valence electrons. The van der Waals surface area contributed by atoms with E-state index in [0.717, 1.165) is 9.26 Å². The number of nitrogens with zero attached hydrogens (tertiary/aromatic N) is 1. The van der Waals surface area contributed by atoms with E-state index >= 15 is 0 Å². The zero-order valence-electron chi connectivity index (χ0n) is 14.6. The van der Waals surface area contributed by atoms with Crippen molar-refractivity contribution in [1.29, 1.82) is 0 Å². The van der Waals surface area contributed by atoms with Crippen LogP contribution in [0, 0.1) is 9.49 Å². The highest BCUT2D eigenvalue weighted by Gasteiger charge is 2.31. The molecule has 0 saturated carbocycles. The van der Waals surface area contributed by atoms with Crippen molar-refractivity contribution in [2.75, 3.05) is 18.4 Å². The second-order valence-electron chi connectivity index (χ2n) is 6.55. The molecule has 0 bridgehead atoms. The second-order valence-corrected chi connectivity index (χ2v) is 10.2. The van der Waals surface area contributed by atoms with Gasteiger partial charge >= 0.3 is 0 Å². The summed E-state index contributed by atoms with van der Waals surface area (Å²) < 4.78 is 27.8. The number of halogens is 2. The lowest BCUT2D eigenvalue weighted by Gasteiger charge is -2.30. The van der Waals surface area contributed by atoms with Gasteiger partial charge in [0.15, 0.2) is 0 Å². The van der Waals surface area contributed by atoms with E-state index in [1.807, 2.05) is 24.3 Å². The maximum absolute atomic E-state index is 12.6. The Morgan fingerprint density at radius 1 is 1.07 bits per heavy atom. The lowest BCUT2D eigenvalue weighted by molar-refractivity contribution is -0.120. The first-order valence-electron chi connectivity index (χ1n) is 8.62. The van der Waals surface area contributed by atoms with Gasteiger partial charge in [0.25, 0.3) is 0 Å². The Balaban J connectivity index is 1.55. The Bertz CT molecular complexity index is 894. The fourth-order valence-corrected chi connectivity index (χ4v) is 5.11. The Hall–Kier alpha value is -1.16. The molecule has 1 fully saturated rings. The van der Waals surface area contributed by atoms with Crippen LogP contribution < -0.4 is 5.32 Å². The Morgan fingerprint density at radius 2 is 1.67 bits per heavy atom. The van der Waals surface area contributed by atoms with Gasteiger partial charge < -0.3 is 5.32 Å². The number of rotatable bonds is 5. The number of benzene rings is 2. The summed E-state index contributed by atoms with van der Waals surface area (Å²) in [5, 5.41) is 3.49. The Kier molecular flexibility index (Phi) is 6.78. The van der Waals surface area contributed by atoms with Crippen LogP contribution >= 0.6 is 34.2 Å². The zero-order chi connectivity index (χ0) is 19.4. The molecule has 0 spiro atoms. The maximum atomic E-state index is 12.6. The third kappa shape index (κ3) is 5.66. The minimum absolute atomic E-state index is 0.0500. The smallest absolute Gasteiger partial charge is 0.227 e. The maximum Gasteiger partial charge on any atom is 0.227 e. The molecule has 1 heterocycles. The van der Waals surface area contributed by atoms with Crippen molar-refractivity contribution in [3.8, 4) is 0 Å². The second kappa shape index (κ2) is 8.89. The number of hydrogen-bond donors (Lipinski definition) is 1. The molecular weight excluding hydrogens is 499 g/mol. The molecule has 1 aliphatic rings. The topological polar surface area (TPSA) is 66.5 Å². The third-order valence-electron chi connectivity index (χ3n) is 4.59. The number of anilines is 1. The first kappa shape index (κ1) is 20.6. The summed E-state index contributed by atoms with van der Waals surface area (Å²) in [6.45, 7) is 0.724. The van der Waals surface area contributed by atoms with Crippen molar-refractivity contribution in [2.24, 2.45) is 5.92 Å². The van der Waals surface area contributed by atoms with Gasteiger partial charge in [0.2, 0.25) is 15.9 Å². The van der Waals surface area contributed by atoms with E-state index in [2.05, 4.69) is 27.9 Å². The largest absolute Gasteiger partial charge is 0.326 e. The molecule has 5 nitrogen and oxygen atoms in total. The third-order valence-corrected chi connectivity index (χ3v) is 7.41. The van der Waals surface area contributed by atoms with Gasteiger partial charge in [0.1, 0.15) is 0 Å². The average Bonchev–Trinajstić information content (AvgIpc) is 2.65. The minimum atomic E-state index is -3.40. The summed E-state index contributed by atoms with van der Waals surface area (Å²) in [7, 11) is -3.40. The molecule has 1 N–H and O–H groups in total. The van der Waals surface area contributed by atoms with Gasteiger partial charge in [-0.15, -0.1) is 0 Å². The molecule has 2 aromatic carbocycles. The monoisotopic (exact) mass is 518 g/mol.